The normalized spacial score (nSPS) is 31.9. The van der Waals surface area contributed by atoms with Gasteiger partial charge in [-0.3, -0.25) is 9.09 Å². The summed E-state index contributed by atoms with van der Waals surface area (Å²) in [4.78, 5) is 0. The highest BCUT2D eigenvalue weighted by Crippen LogP contribution is 2.29. The van der Waals surface area contributed by atoms with Gasteiger partial charge in [0.25, 0.3) is 0 Å². The Bertz CT molecular complexity index is 178. The highest BCUT2D eigenvalue weighted by Gasteiger charge is 2.24. The lowest BCUT2D eigenvalue weighted by Gasteiger charge is -2.30. The van der Waals surface area contributed by atoms with Crippen LogP contribution in [0.5, 0.6) is 0 Å². The van der Waals surface area contributed by atoms with Gasteiger partial charge in [-0.25, -0.2) is 0 Å². The Morgan fingerprint density at radius 1 is 1.50 bits per heavy atom. The smallest absolute Gasteiger partial charge is 0.213 e. The highest BCUT2D eigenvalue weighted by atomic mass is 31.1. The minimum Gasteiger partial charge on any atom is -0.347 e. The first-order valence-electron chi connectivity index (χ1n) is 4.09. The average Bonchev–Trinajstić information content (AvgIpc) is 1.82. The predicted octanol–water partition coefficient (Wildman–Crippen LogP) is 0.540. The Kier molecular flexibility index (Phi) is 3.29. The Morgan fingerprint density at radius 2 is 2.17 bits per heavy atom. The van der Waals surface area contributed by atoms with Gasteiger partial charge < -0.3 is 9.22 Å². The number of nitrogens with zero attached hydrogens (tertiary/aromatic N) is 1. The predicted molar refractivity (Wildman–Crippen MR) is 47.6 cm³/mol. The fraction of sp³-hybridized carbons (Fsp3) is 1.00. The van der Waals surface area contributed by atoms with Crippen LogP contribution in [-0.2, 0) is 13.8 Å². The molecule has 0 bridgehead atoms. The van der Waals surface area contributed by atoms with Crippen LogP contribution in [0.3, 0.4) is 0 Å². The van der Waals surface area contributed by atoms with Crippen LogP contribution in [0.2, 0.25) is 0 Å². The molecule has 0 amide bonds. The third-order valence-corrected chi connectivity index (χ3v) is 2.71. The molecule has 5 heteroatoms. The van der Waals surface area contributed by atoms with Crippen LogP contribution in [0, 0.1) is 0 Å². The van der Waals surface area contributed by atoms with Crippen molar-refractivity contribution >= 4 is 8.03 Å². The number of ether oxygens (including phenoxy) is 1. The molecule has 1 aliphatic heterocycles. The fourth-order valence-electron chi connectivity index (χ4n) is 1.05. The van der Waals surface area contributed by atoms with Gasteiger partial charge in [-0.1, -0.05) is 0 Å². The summed E-state index contributed by atoms with van der Waals surface area (Å²) in [5.74, 6) is 0. The van der Waals surface area contributed by atoms with Gasteiger partial charge in [0, 0.05) is 6.16 Å². The number of hydrogen-bond donors (Lipinski definition) is 0. The molecule has 1 aliphatic rings. The second kappa shape index (κ2) is 3.88. The van der Waals surface area contributed by atoms with Gasteiger partial charge in [0.05, 0.1) is 27.7 Å². The molecular formula is C7H17NO3P+. The zero-order chi connectivity index (χ0) is 9.19. The first kappa shape index (κ1) is 10.2. The number of hydrogen-bond acceptors (Lipinski definition) is 3. The SMILES string of the molecule is C[N+](C)(C)CC1OCC[PH](=O)O1. The maximum atomic E-state index is 11.0. The van der Waals surface area contributed by atoms with Gasteiger partial charge in [-0.15, -0.1) is 0 Å². The topological polar surface area (TPSA) is 35.5 Å². The van der Waals surface area contributed by atoms with Gasteiger partial charge in [-0.2, -0.15) is 0 Å². The summed E-state index contributed by atoms with van der Waals surface area (Å²) < 4.78 is 22.3. The van der Waals surface area contributed by atoms with Crippen molar-refractivity contribution in [3.63, 3.8) is 0 Å². The van der Waals surface area contributed by atoms with E-state index in [1.165, 1.54) is 0 Å². The molecule has 1 heterocycles. The van der Waals surface area contributed by atoms with Crippen molar-refractivity contribution in [2.45, 2.75) is 6.29 Å². The molecule has 12 heavy (non-hydrogen) atoms. The van der Waals surface area contributed by atoms with E-state index in [1.807, 2.05) is 0 Å². The van der Waals surface area contributed by atoms with Crippen LogP contribution in [0.1, 0.15) is 0 Å². The second-order valence-corrected chi connectivity index (χ2v) is 5.49. The van der Waals surface area contributed by atoms with E-state index >= 15 is 0 Å². The van der Waals surface area contributed by atoms with Crippen LogP contribution < -0.4 is 0 Å². The molecule has 72 valence electrons. The molecule has 0 N–H and O–H groups in total. The summed E-state index contributed by atoms with van der Waals surface area (Å²) in [6.07, 6.45) is 0.295. The first-order chi connectivity index (χ1) is 5.47. The summed E-state index contributed by atoms with van der Waals surface area (Å²) in [6, 6.07) is 0. The van der Waals surface area contributed by atoms with Gasteiger partial charge in [0.15, 0.2) is 8.03 Å². The summed E-state index contributed by atoms with van der Waals surface area (Å²) in [7, 11) is 4.36. The van der Waals surface area contributed by atoms with Gasteiger partial charge >= 0.3 is 0 Å². The monoisotopic (exact) mass is 194 g/mol. The second-order valence-electron chi connectivity index (χ2n) is 4.01. The Morgan fingerprint density at radius 3 is 2.67 bits per heavy atom. The minimum atomic E-state index is -1.80. The number of quaternary nitrogens is 1. The van der Waals surface area contributed by atoms with Crippen LogP contribution in [0.15, 0.2) is 0 Å². The van der Waals surface area contributed by atoms with Crippen molar-refractivity contribution in [3.8, 4) is 0 Å². The summed E-state index contributed by atoms with van der Waals surface area (Å²) in [6.45, 7) is 1.32. The standard InChI is InChI=1S/C7H17NO3P/c1-8(2,3)6-7-10-4-5-12(9)11-7/h7,12H,4-6H2,1-3H3/q+1. The maximum Gasteiger partial charge on any atom is 0.213 e. The van der Waals surface area contributed by atoms with E-state index in [9.17, 15) is 4.57 Å². The molecule has 0 aliphatic carbocycles. The van der Waals surface area contributed by atoms with Crippen molar-refractivity contribution in [1.82, 2.24) is 0 Å². The Labute approximate surface area is 73.9 Å². The Balaban J connectivity index is 2.37. The van der Waals surface area contributed by atoms with E-state index in [1.54, 1.807) is 0 Å². The Hall–Kier alpha value is 0.110. The average molecular weight is 194 g/mol. The number of likely N-dealkylation sites (N-methyl/N-ethyl adjacent to an activating group) is 1. The zero-order valence-electron chi connectivity index (χ0n) is 7.87. The van der Waals surface area contributed by atoms with E-state index in [4.69, 9.17) is 9.26 Å². The van der Waals surface area contributed by atoms with Gasteiger partial charge in [0.2, 0.25) is 6.29 Å². The molecule has 0 saturated carbocycles. The van der Waals surface area contributed by atoms with E-state index in [-0.39, 0.29) is 6.29 Å². The summed E-state index contributed by atoms with van der Waals surface area (Å²) >= 11 is 0. The fourth-order valence-corrected chi connectivity index (χ4v) is 1.89. The van der Waals surface area contributed by atoms with Crippen LogP contribution >= 0.6 is 8.03 Å². The van der Waals surface area contributed by atoms with E-state index < -0.39 is 8.03 Å². The third kappa shape index (κ3) is 3.68. The van der Waals surface area contributed by atoms with Crippen molar-refractivity contribution in [2.24, 2.45) is 0 Å². The number of rotatable bonds is 2. The van der Waals surface area contributed by atoms with Crippen LogP contribution in [0.25, 0.3) is 0 Å². The molecule has 0 radical (unpaired) electrons. The molecular weight excluding hydrogens is 177 g/mol. The molecule has 0 aromatic carbocycles. The zero-order valence-corrected chi connectivity index (χ0v) is 8.87. The van der Waals surface area contributed by atoms with Crippen molar-refractivity contribution in [2.75, 3.05) is 40.5 Å². The highest BCUT2D eigenvalue weighted by molar-refractivity contribution is 7.39. The molecule has 2 unspecified atom stereocenters. The van der Waals surface area contributed by atoms with E-state index in [2.05, 4.69) is 21.1 Å². The largest absolute Gasteiger partial charge is 0.347 e. The molecule has 0 aromatic rings. The lowest BCUT2D eigenvalue weighted by Crippen LogP contribution is -2.44. The van der Waals surface area contributed by atoms with Gasteiger partial charge in [-0.05, 0) is 0 Å². The van der Waals surface area contributed by atoms with E-state index in [0.29, 0.717) is 12.8 Å². The van der Waals surface area contributed by atoms with Crippen LogP contribution in [-0.4, -0.2) is 51.2 Å². The molecule has 1 rings (SSSR count). The lowest BCUT2D eigenvalue weighted by molar-refractivity contribution is -0.876. The molecule has 2 atom stereocenters. The first-order valence-corrected chi connectivity index (χ1v) is 5.61. The lowest BCUT2D eigenvalue weighted by atomic mass is 10.5. The summed E-state index contributed by atoms with van der Waals surface area (Å²) in [5, 5.41) is 0. The molecule has 1 fully saturated rings. The minimum absolute atomic E-state index is 0.273. The van der Waals surface area contributed by atoms with Crippen molar-refractivity contribution < 1.29 is 18.3 Å². The molecule has 0 aromatic heterocycles. The molecule has 1 saturated heterocycles. The maximum absolute atomic E-state index is 11.0. The van der Waals surface area contributed by atoms with Crippen molar-refractivity contribution in [3.05, 3.63) is 0 Å². The van der Waals surface area contributed by atoms with Crippen LogP contribution in [0.4, 0.5) is 0 Å². The summed E-state index contributed by atoms with van der Waals surface area (Å²) in [5.41, 5.74) is 0. The third-order valence-electron chi connectivity index (χ3n) is 1.57. The van der Waals surface area contributed by atoms with E-state index in [0.717, 1.165) is 11.0 Å². The molecule has 4 nitrogen and oxygen atoms in total. The van der Waals surface area contributed by atoms with Gasteiger partial charge in [0.1, 0.15) is 6.54 Å². The van der Waals surface area contributed by atoms with Crippen molar-refractivity contribution in [1.29, 1.82) is 0 Å². The quantitative estimate of drug-likeness (QED) is 0.475. The molecule has 0 spiro atoms.